The third kappa shape index (κ3) is 5.14. The van der Waals surface area contributed by atoms with Gasteiger partial charge in [-0.1, -0.05) is 18.2 Å². The van der Waals surface area contributed by atoms with Gasteiger partial charge in [0.05, 0.1) is 5.69 Å². The first-order chi connectivity index (χ1) is 9.33. The normalized spacial score (nSPS) is 10.6. The Labute approximate surface area is 119 Å². The lowest BCUT2D eigenvalue weighted by atomic mass is 10.2. The maximum atomic E-state index is 11.7. The number of carbonyl (C=O) groups is 2. The lowest BCUT2D eigenvalue weighted by Crippen LogP contribution is -2.35. The van der Waals surface area contributed by atoms with E-state index in [0.717, 1.165) is 0 Å². The van der Waals surface area contributed by atoms with Crippen LogP contribution in [0.15, 0.2) is 36.9 Å². The minimum absolute atomic E-state index is 0.242. The number of benzene rings is 1. The second-order valence-corrected chi connectivity index (χ2v) is 5.16. The van der Waals surface area contributed by atoms with Crippen LogP contribution in [0.1, 0.15) is 20.8 Å². The van der Waals surface area contributed by atoms with Crippen molar-refractivity contribution in [2.24, 2.45) is 0 Å². The molecule has 0 bridgehead atoms. The highest BCUT2D eigenvalue weighted by atomic mass is 16.5. The number of carbonyl (C=O) groups excluding carboxylic acids is 2. The van der Waals surface area contributed by atoms with Gasteiger partial charge in [0.2, 0.25) is 0 Å². The van der Waals surface area contributed by atoms with Crippen molar-refractivity contribution in [3.05, 3.63) is 36.9 Å². The summed E-state index contributed by atoms with van der Waals surface area (Å²) in [5.74, 6) is -0.933. The molecule has 0 aliphatic rings. The zero-order valence-electron chi connectivity index (χ0n) is 12.0. The number of para-hydroxylation sites is 2. The first kappa shape index (κ1) is 15.8. The maximum Gasteiger partial charge on any atom is 0.313 e. The number of hydrogen-bond donors (Lipinski definition) is 2. The zero-order valence-corrected chi connectivity index (χ0v) is 12.0. The van der Waals surface area contributed by atoms with E-state index in [2.05, 4.69) is 17.2 Å². The standard InChI is InChI=1S/C15H20N2O3/c1-5-10-16-13(18)14(19)17-11-8-6-7-9-12(11)20-15(2,3)4/h5-9H,1,10H2,2-4H3,(H,16,18)(H,17,19). The van der Waals surface area contributed by atoms with Crippen LogP contribution in [-0.4, -0.2) is 24.0 Å². The quantitative estimate of drug-likeness (QED) is 0.653. The van der Waals surface area contributed by atoms with E-state index < -0.39 is 17.4 Å². The predicted octanol–water partition coefficient (Wildman–Crippen LogP) is 2.10. The van der Waals surface area contributed by atoms with Crippen molar-refractivity contribution in [3.8, 4) is 5.75 Å². The number of rotatable bonds is 4. The summed E-state index contributed by atoms with van der Waals surface area (Å²) < 4.78 is 5.73. The molecule has 0 heterocycles. The van der Waals surface area contributed by atoms with E-state index in [1.54, 1.807) is 24.3 Å². The number of amides is 2. The fourth-order valence-corrected chi connectivity index (χ4v) is 1.41. The molecule has 0 aliphatic heterocycles. The average molecular weight is 276 g/mol. The van der Waals surface area contributed by atoms with E-state index in [9.17, 15) is 9.59 Å². The molecule has 2 N–H and O–H groups in total. The summed E-state index contributed by atoms with van der Waals surface area (Å²) in [4.78, 5) is 23.2. The highest BCUT2D eigenvalue weighted by molar-refractivity contribution is 6.39. The molecule has 0 aromatic heterocycles. The number of anilines is 1. The lowest BCUT2D eigenvalue weighted by Gasteiger charge is -2.23. The van der Waals surface area contributed by atoms with Crippen LogP contribution in [0.25, 0.3) is 0 Å². The molecule has 0 saturated heterocycles. The second kappa shape index (κ2) is 6.75. The van der Waals surface area contributed by atoms with Gasteiger partial charge in [0.1, 0.15) is 11.4 Å². The van der Waals surface area contributed by atoms with Crippen LogP contribution in [0, 0.1) is 0 Å². The molecule has 108 valence electrons. The van der Waals surface area contributed by atoms with Gasteiger partial charge in [0.25, 0.3) is 0 Å². The van der Waals surface area contributed by atoms with Crippen LogP contribution < -0.4 is 15.4 Å². The van der Waals surface area contributed by atoms with Crippen LogP contribution in [0.4, 0.5) is 5.69 Å². The summed E-state index contributed by atoms with van der Waals surface area (Å²) in [5.41, 5.74) is 0.0625. The van der Waals surface area contributed by atoms with Gasteiger partial charge in [-0.3, -0.25) is 9.59 Å². The van der Waals surface area contributed by atoms with Gasteiger partial charge < -0.3 is 15.4 Å². The van der Waals surface area contributed by atoms with Gasteiger partial charge in [-0.25, -0.2) is 0 Å². The largest absolute Gasteiger partial charge is 0.486 e. The van der Waals surface area contributed by atoms with Gasteiger partial charge in [-0.15, -0.1) is 6.58 Å². The molecule has 2 amide bonds. The number of ether oxygens (including phenoxy) is 1. The van der Waals surface area contributed by atoms with Crippen molar-refractivity contribution in [2.75, 3.05) is 11.9 Å². The van der Waals surface area contributed by atoms with E-state index in [1.165, 1.54) is 6.08 Å². The molecule has 0 atom stereocenters. The Morgan fingerprint density at radius 1 is 1.25 bits per heavy atom. The van der Waals surface area contributed by atoms with Crippen LogP contribution in [0.5, 0.6) is 5.75 Å². The van der Waals surface area contributed by atoms with Crippen molar-refractivity contribution >= 4 is 17.5 Å². The smallest absolute Gasteiger partial charge is 0.313 e. The molecule has 1 aromatic rings. The van der Waals surface area contributed by atoms with Crippen molar-refractivity contribution in [3.63, 3.8) is 0 Å². The zero-order chi connectivity index (χ0) is 15.2. The molecular formula is C15H20N2O3. The molecule has 5 nitrogen and oxygen atoms in total. The summed E-state index contributed by atoms with van der Waals surface area (Å²) >= 11 is 0. The van der Waals surface area contributed by atoms with Gasteiger partial charge in [-0.2, -0.15) is 0 Å². The fourth-order valence-electron chi connectivity index (χ4n) is 1.41. The average Bonchev–Trinajstić information content (AvgIpc) is 2.36. The van der Waals surface area contributed by atoms with Gasteiger partial charge in [0.15, 0.2) is 0 Å². The Morgan fingerprint density at radius 3 is 2.50 bits per heavy atom. The minimum Gasteiger partial charge on any atom is -0.486 e. The Kier molecular flexibility index (Phi) is 5.32. The molecule has 0 fully saturated rings. The maximum absolute atomic E-state index is 11.7. The van der Waals surface area contributed by atoms with Gasteiger partial charge >= 0.3 is 11.8 Å². The topological polar surface area (TPSA) is 67.4 Å². The monoisotopic (exact) mass is 276 g/mol. The summed E-state index contributed by atoms with van der Waals surface area (Å²) in [6, 6.07) is 6.98. The number of hydrogen-bond acceptors (Lipinski definition) is 3. The van der Waals surface area contributed by atoms with E-state index in [-0.39, 0.29) is 6.54 Å². The second-order valence-electron chi connectivity index (χ2n) is 5.16. The van der Waals surface area contributed by atoms with E-state index in [1.807, 2.05) is 20.8 Å². The van der Waals surface area contributed by atoms with Crippen molar-refractivity contribution in [1.82, 2.24) is 5.32 Å². The third-order valence-electron chi connectivity index (χ3n) is 2.16. The van der Waals surface area contributed by atoms with Crippen molar-refractivity contribution < 1.29 is 14.3 Å². The predicted molar refractivity (Wildman–Crippen MR) is 78.7 cm³/mol. The lowest BCUT2D eigenvalue weighted by molar-refractivity contribution is -0.136. The van der Waals surface area contributed by atoms with E-state index in [4.69, 9.17) is 4.74 Å². The van der Waals surface area contributed by atoms with Gasteiger partial charge in [-0.05, 0) is 32.9 Å². The van der Waals surface area contributed by atoms with E-state index >= 15 is 0 Å². The highest BCUT2D eigenvalue weighted by Gasteiger charge is 2.18. The molecule has 0 saturated carbocycles. The summed E-state index contributed by atoms with van der Waals surface area (Å²) in [7, 11) is 0. The molecule has 1 rings (SSSR count). The molecule has 5 heteroatoms. The van der Waals surface area contributed by atoms with Crippen molar-refractivity contribution in [1.29, 1.82) is 0 Å². The first-order valence-corrected chi connectivity index (χ1v) is 6.31. The van der Waals surface area contributed by atoms with Crippen LogP contribution >= 0.6 is 0 Å². The molecule has 0 aliphatic carbocycles. The summed E-state index contributed by atoms with van der Waals surface area (Å²) in [6.45, 7) is 9.42. The Morgan fingerprint density at radius 2 is 1.90 bits per heavy atom. The Balaban J connectivity index is 2.79. The highest BCUT2D eigenvalue weighted by Crippen LogP contribution is 2.27. The van der Waals surface area contributed by atoms with Crippen LogP contribution in [-0.2, 0) is 9.59 Å². The third-order valence-corrected chi connectivity index (χ3v) is 2.16. The fraction of sp³-hybridized carbons (Fsp3) is 0.333. The molecule has 0 radical (unpaired) electrons. The van der Waals surface area contributed by atoms with E-state index in [0.29, 0.717) is 11.4 Å². The number of nitrogens with one attached hydrogen (secondary N) is 2. The molecule has 0 unspecified atom stereocenters. The van der Waals surface area contributed by atoms with Crippen LogP contribution in [0.3, 0.4) is 0 Å². The molecular weight excluding hydrogens is 256 g/mol. The SMILES string of the molecule is C=CCNC(=O)C(=O)Nc1ccccc1OC(C)(C)C. The minimum atomic E-state index is -0.739. The summed E-state index contributed by atoms with van der Waals surface area (Å²) in [6.07, 6.45) is 1.50. The van der Waals surface area contributed by atoms with Crippen molar-refractivity contribution in [2.45, 2.75) is 26.4 Å². The van der Waals surface area contributed by atoms with Gasteiger partial charge in [0, 0.05) is 6.54 Å². The Hall–Kier alpha value is -2.30. The Bertz CT molecular complexity index is 504. The first-order valence-electron chi connectivity index (χ1n) is 6.31. The molecule has 1 aromatic carbocycles. The molecule has 0 spiro atoms. The van der Waals surface area contributed by atoms with Crippen LogP contribution in [0.2, 0.25) is 0 Å². The molecule has 20 heavy (non-hydrogen) atoms. The summed E-state index contributed by atoms with van der Waals surface area (Å²) in [5, 5.41) is 4.94.